The number of nitrogens with one attached hydrogen (secondary N) is 1. The van der Waals surface area contributed by atoms with E-state index in [1.807, 2.05) is 0 Å². The lowest BCUT2D eigenvalue weighted by molar-refractivity contribution is 0.286. The molecule has 2 rings (SSSR count). The van der Waals surface area contributed by atoms with Crippen LogP contribution in [0.5, 0.6) is 5.75 Å². The van der Waals surface area contributed by atoms with Crippen molar-refractivity contribution in [1.82, 2.24) is 4.98 Å². The van der Waals surface area contributed by atoms with Gasteiger partial charge in [-0.25, -0.2) is 9.37 Å². The zero-order valence-corrected chi connectivity index (χ0v) is 13.8. The second-order valence-electron chi connectivity index (χ2n) is 4.42. The van der Waals surface area contributed by atoms with Crippen LogP contribution in [0.1, 0.15) is 19.0 Å². The smallest absolute Gasteiger partial charge is 0.165 e. The molecule has 0 saturated carbocycles. The van der Waals surface area contributed by atoms with Gasteiger partial charge in [0, 0.05) is 11.0 Å². The van der Waals surface area contributed by atoms with E-state index in [1.54, 1.807) is 24.3 Å². The van der Waals surface area contributed by atoms with Crippen LogP contribution in [0.2, 0.25) is 5.02 Å². The standard InChI is InChI=1S/C15H15BrClFN2O/c1-2-7-19-15-6-4-11(17)13(20-15)9-21-14-8-10(16)3-5-12(14)18/h3-6,8H,2,7,9H2,1H3,(H,19,20). The molecule has 0 aliphatic carbocycles. The summed E-state index contributed by atoms with van der Waals surface area (Å²) in [4.78, 5) is 4.37. The van der Waals surface area contributed by atoms with E-state index in [2.05, 4.69) is 33.2 Å². The molecule has 0 atom stereocenters. The number of hydrogen-bond acceptors (Lipinski definition) is 3. The van der Waals surface area contributed by atoms with Crippen LogP contribution in [-0.4, -0.2) is 11.5 Å². The Hall–Kier alpha value is -1.33. The van der Waals surface area contributed by atoms with Crippen molar-refractivity contribution in [3.8, 4) is 5.75 Å². The summed E-state index contributed by atoms with van der Waals surface area (Å²) in [5, 5.41) is 3.67. The predicted molar refractivity (Wildman–Crippen MR) is 86.5 cm³/mol. The Kier molecular flexibility index (Phi) is 5.82. The maximum Gasteiger partial charge on any atom is 0.165 e. The van der Waals surface area contributed by atoms with Gasteiger partial charge in [0.05, 0.1) is 10.7 Å². The summed E-state index contributed by atoms with van der Waals surface area (Å²) in [7, 11) is 0. The van der Waals surface area contributed by atoms with Gasteiger partial charge in [-0.05, 0) is 36.8 Å². The molecule has 0 aliphatic heterocycles. The third-order valence-electron chi connectivity index (χ3n) is 2.73. The molecule has 6 heteroatoms. The fourth-order valence-electron chi connectivity index (χ4n) is 1.67. The van der Waals surface area contributed by atoms with Gasteiger partial charge < -0.3 is 10.1 Å². The molecule has 3 nitrogen and oxygen atoms in total. The van der Waals surface area contributed by atoms with Gasteiger partial charge >= 0.3 is 0 Å². The van der Waals surface area contributed by atoms with Crippen molar-refractivity contribution in [1.29, 1.82) is 0 Å². The molecule has 0 unspecified atom stereocenters. The van der Waals surface area contributed by atoms with Crippen LogP contribution in [0.4, 0.5) is 10.2 Å². The minimum atomic E-state index is -0.422. The van der Waals surface area contributed by atoms with Crippen molar-refractivity contribution >= 4 is 33.3 Å². The van der Waals surface area contributed by atoms with E-state index in [0.29, 0.717) is 10.7 Å². The monoisotopic (exact) mass is 372 g/mol. The van der Waals surface area contributed by atoms with E-state index in [9.17, 15) is 4.39 Å². The molecule has 0 amide bonds. The molecule has 0 radical (unpaired) electrons. The Labute approximate surface area is 136 Å². The van der Waals surface area contributed by atoms with Gasteiger partial charge in [-0.15, -0.1) is 0 Å². The third-order valence-corrected chi connectivity index (χ3v) is 3.57. The summed E-state index contributed by atoms with van der Waals surface area (Å²) in [6.45, 7) is 3.01. The van der Waals surface area contributed by atoms with E-state index in [0.717, 1.165) is 23.3 Å². The Morgan fingerprint density at radius 2 is 2.14 bits per heavy atom. The molecular formula is C15H15BrClFN2O. The first-order valence-electron chi connectivity index (χ1n) is 6.57. The number of benzene rings is 1. The Bertz CT molecular complexity index is 625. The minimum Gasteiger partial charge on any atom is -0.484 e. The molecule has 0 spiro atoms. The topological polar surface area (TPSA) is 34.1 Å². The molecule has 1 N–H and O–H groups in total. The molecule has 0 saturated heterocycles. The fraction of sp³-hybridized carbons (Fsp3) is 0.267. The van der Waals surface area contributed by atoms with Gasteiger partial charge in [0.15, 0.2) is 11.6 Å². The first-order valence-corrected chi connectivity index (χ1v) is 7.74. The van der Waals surface area contributed by atoms with Crippen molar-refractivity contribution in [2.24, 2.45) is 0 Å². The van der Waals surface area contributed by atoms with Crippen LogP contribution in [0.25, 0.3) is 0 Å². The Morgan fingerprint density at radius 3 is 2.90 bits per heavy atom. The number of aromatic nitrogens is 1. The highest BCUT2D eigenvalue weighted by Crippen LogP contribution is 2.24. The van der Waals surface area contributed by atoms with E-state index in [4.69, 9.17) is 16.3 Å². The lowest BCUT2D eigenvalue weighted by atomic mass is 10.3. The number of anilines is 1. The summed E-state index contributed by atoms with van der Waals surface area (Å²) >= 11 is 9.37. The zero-order valence-electron chi connectivity index (χ0n) is 11.5. The van der Waals surface area contributed by atoms with Gasteiger partial charge in [0.1, 0.15) is 12.4 Å². The zero-order chi connectivity index (χ0) is 15.2. The van der Waals surface area contributed by atoms with Crippen molar-refractivity contribution in [2.75, 3.05) is 11.9 Å². The molecule has 1 aromatic heterocycles. The molecule has 1 heterocycles. The maximum atomic E-state index is 13.6. The summed E-state index contributed by atoms with van der Waals surface area (Å²) in [6.07, 6.45) is 0.999. The highest BCUT2D eigenvalue weighted by Gasteiger charge is 2.08. The van der Waals surface area contributed by atoms with Crippen LogP contribution < -0.4 is 10.1 Å². The van der Waals surface area contributed by atoms with Crippen LogP contribution in [0, 0.1) is 5.82 Å². The largest absolute Gasteiger partial charge is 0.484 e. The van der Waals surface area contributed by atoms with Crippen LogP contribution >= 0.6 is 27.5 Å². The number of rotatable bonds is 6. The minimum absolute atomic E-state index is 0.105. The summed E-state index contributed by atoms with van der Waals surface area (Å²) in [5.41, 5.74) is 0.567. The molecule has 1 aromatic carbocycles. The SMILES string of the molecule is CCCNc1ccc(Cl)c(COc2cc(Br)ccc2F)n1. The van der Waals surface area contributed by atoms with E-state index in [-0.39, 0.29) is 12.4 Å². The summed E-state index contributed by atoms with van der Waals surface area (Å²) in [6, 6.07) is 8.09. The third kappa shape index (κ3) is 4.58. The summed E-state index contributed by atoms with van der Waals surface area (Å²) < 4.78 is 19.8. The lowest BCUT2D eigenvalue weighted by Gasteiger charge is -2.10. The lowest BCUT2D eigenvalue weighted by Crippen LogP contribution is -2.06. The highest BCUT2D eigenvalue weighted by molar-refractivity contribution is 9.10. The molecule has 112 valence electrons. The first-order chi connectivity index (χ1) is 10.1. The number of ether oxygens (including phenoxy) is 1. The maximum absolute atomic E-state index is 13.6. The van der Waals surface area contributed by atoms with Crippen LogP contribution in [-0.2, 0) is 6.61 Å². The number of pyridine rings is 1. The van der Waals surface area contributed by atoms with E-state index >= 15 is 0 Å². The normalized spacial score (nSPS) is 10.5. The number of nitrogens with zero attached hydrogens (tertiary/aromatic N) is 1. The Balaban J connectivity index is 2.10. The average Bonchev–Trinajstić information content (AvgIpc) is 2.48. The van der Waals surface area contributed by atoms with Crippen molar-refractivity contribution in [3.63, 3.8) is 0 Å². The predicted octanol–water partition coefficient (Wildman–Crippen LogP) is 5.04. The van der Waals surface area contributed by atoms with Gasteiger partial charge in [0.25, 0.3) is 0 Å². The summed E-state index contributed by atoms with van der Waals surface area (Å²) in [5.74, 6) is 0.471. The van der Waals surface area contributed by atoms with Crippen molar-refractivity contribution in [3.05, 3.63) is 51.3 Å². The van der Waals surface area contributed by atoms with Gasteiger partial charge in [-0.2, -0.15) is 0 Å². The van der Waals surface area contributed by atoms with Gasteiger partial charge in [0.2, 0.25) is 0 Å². The van der Waals surface area contributed by atoms with E-state index < -0.39 is 5.82 Å². The molecule has 0 bridgehead atoms. The van der Waals surface area contributed by atoms with Crippen LogP contribution in [0.3, 0.4) is 0 Å². The first kappa shape index (κ1) is 16.0. The molecule has 21 heavy (non-hydrogen) atoms. The van der Waals surface area contributed by atoms with Crippen LogP contribution in [0.15, 0.2) is 34.8 Å². The van der Waals surface area contributed by atoms with Crippen molar-refractivity contribution < 1.29 is 9.13 Å². The van der Waals surface area contributed by atoms with Gasteiger partial charge in [-0.3, -0.25) is 0 Å². The molecule has 0 aliphatic rings. The average molecular weight is 374 g/mol. The Morgan fingerprint density at radius 1 is 1.33 bits per heavy atom. The number of hydrogen-bond donors (Lipinski definition) is 1. The number of halogens is 3. The molecular weight excluding hydrogens is 359 g/mol. The van der Waals surface area contributed by atoms with Gasteiger partial charge in [-0.1, -0.05) is 34.5 Å². The molecule has 2 aromatic rings. The van der Waals surface area contributed by atoms with E-state index in [1.165, 1.54) is 6.07 Å². The highest BCUT2D eigenvalue weighted by atomic mass is 79.9. The molecule has 0 fully saturated rings. The second kappa shape index (κ2) is 7.61. The second-order valence-corrected chi connectivity index (χ2v) is 5.74. The fourth-order valence-corrected chi connectivity index (χ4v) is 2.17. The van der Waals surface area contributed by atoms with Crippen molar-refractivity contribution in [2.45, 2.75) is 20.0 Å². The quantitative estimate of drug-likeness (QED) is 0.770.